The molecule has 2 rings (SSSR count). The molecule has 6 nitrogen and oxygen atoms in total. The smallest absolute Gasteiger partial charge is 0.253 e. The molecule has 0 aliphatic carbocycles. The average Bonchev–Trinajstić information content (AvgIpc) is 2.56. The Hall–Kier alpha value is -2.08. The van der Waals surface area contributed by atoms with Gasteiger partial charge in [-0.25, -0.2) is 0 Å². The number of ether oxygens (including phenoxy) is 2. The first kappa shape index (κ1) is 17.3. The van der Waals surface area contributed by atoms with Crippen LogP contribution in [0.4, 0.5) is 0 Å². The number of carbonyl (C=O) groups is 2. The Kier molecular flexibility index (Phi) is 6.40. The van der Waals surface area contributed by atoms with Crippen LogP contribution in [-0.2, 0) is 9.53 Å². The first-order chi connectivity index (χ1) is 11.1. The summed E-state index contributed by atoms with van der Waals surface area (Å²) in [5.41, 5.74) is 0.662. The average molecular weight is 320 g/mol. The topological polar surface area (TPSA) is 67.9 Å². The fourth-order valence-electron chi connectivity index (χ4n) is 2.67. The number of hydrogen-bond acceptors (Lipinski definition) is 4. The first-order valence-electron chi connectivity index (χ1n) is 7.94. The van der Waals surface area contributed by atoms with Crippen molar-refractivity contribution in [2.75, 3.05) is 33.4 Å². The van der Waals surface area contributed by atoms with Gasteiger partial charge in [-0.15, -0.1) is 0 Å². The Morgan fingerprint density at radius 3 is 2.43 bits per heavy atom. The van der Waals surface area contributed by atoms with E-state index in [0.717, 1.165) is 18.6 Å². The van der Waals surface area contributed by atoms with Gasteiger partial charge in [0.2, 0.25) is 5.91 Å². The number of carbonyl (C=O) groups excluding carboxylic acids is 2. The van der Waals surface area contributed by atoms with Crippen LogP contribution in [0.5, 0.6) is 5.75 Å². The van der Waals surface area contributed by atoms with Gasteiger partial charge >= 0.3 is 0 Å². The number of amides is 2. The zero-order chi connectivity index (χ0) is 16.7. The van der Waals surface area contributed by atoms with E-state index in [4.69, 9.17) is 9.47 Å². The standard InChI is InChI=1S/C17H24N2O4/c1-3-23-15-6-4-13(5-7-15)17(21)19-10-8-14(9-11-19)18-16(20)12-22-2/h4-7,14H,3,8-12H2,1-2H3,(H,18,20). The number of methoxy groups -OCH3 is 1. The highest BCUT2D eigenvalue weighted by Crippen LogP contribution is 2.17. The van der Waals surface area contributed by atoms with E-state index in [1.807, 2.05) is 24.0 Å². The maximum atomic E-state index is 12.5. The number of rotatable bonds is 6. The van der Waals surface area contributed by atoms with Crippen LogP contribution in [0.25, 0.3) is 0 Å². The summed E-state index contributed by atoms with van der Waals surface area (Å²) in [6, 6.07) is 7.32. The molecule has 1 aliphatic heterocycles. The van der Waals surface area contributed by atoms with Crippen LogP contribution in [0.2, 0.25) is 0 Å². The molecule has 126 valence electrons. The van der Waals surface area contributed by atoms with Crippen molar-refractivity contribution >= 4 is 11.8 Å². The van der Waals surface area contributed by atoms with Crippen molar-refractivity contribution in [3.05, 3.63) is 29.8 Å². The van der Waals surface area contributed by atoms with E-state index in [2.05, 4.69) is 5.32 Å². The fourth-order valence-corrected chi connectivity index (χ4v) is 2.67. The van der Waals surface area contributed by atoms with Gasteiger partial charge in [-0.3, -0.25) is 9.59 Å². The molecule has 0 unspecified atom stereocenters. The predicted molar refractivity (Wildman–Crippen MR) is 86.6 cm³/mol. The molecule has 1 aromatic carbocycles. The summed E-state index contributed by atoms with van der Waals surface area (Å²) in [7, 11) is 1.50. The van der Waals surface area contributed by atoms with Crippen LogP contribution in [0, 0.1) is 0 Å². The van der Waals surface area contributed by atoms with Gasteiger partial charge in [-0.2, -0.15) is 0 Å². The van der Waals surface area contributed by atoms with E-state index in [0.29, 0.717) is 25.3 Å². The molecule has 1 aromatic rings. The minimum Gasteiger partial charge on any atom is -0.494 e. The van der Waals surface area contributed by atoms with Gasteiger partial charge in [-0.1, -0.05) is 0 Å². The molecular weight excluding hydrogens is 296 g/mol. The minimum atomic E-state index is -0.108. The summed E-state index contributed by atoms with van der Waals surface area (Å²) in [5, 5.41) is 2.92. The van der Waals surface area contributed by atoms with Crippen molar-refractivity contribution in [3.8, 4) is 5.75 Å². The fraction of sp³-hybridized carbons (Fsp3) is 0.529. The first-order valence-corrected chi connectivity index (χ1v) is 7.94. The molecule has 1 saturated heterocycles. The van der Waals surface area contributed by atoms with E-state index in [1.165, 1.54) is 7.11 Å². The number of likely N-dealkylation sites (tertiary alicyclic amines) is 1. The second kappa shape index (κ2) is 8.53. The maximum absolute atomic E-state index is 12.5. The molecule has 0 radical (unpaired) electrons. The minimum absolute atomic E-state index is 0.0229. The molecule has 1 aliphatic rings. The SMILES string of the molecule is CCOc1ccc(C(=O)N2CCC(NC(=O)COC)CC2)cc1. The van der Waals surface area contributed by atoms with Crippen LogP contribution in [0.3, 0.4) is 0 Å². The summed E-state index contributed by atoms with van der Waals surface area (Å²) >= 11 is 0. The second-order valence-corrected chi connectivity index (χ2v) is 5.52. The zero-order valence-corrected chi connectivity index (χ0v) is 13.7. The van der Waals surface area contributed by atoms with Gasteiger partial charge < -0.3 is 19.7 Å². The van der Waals surface area contributed by atoms with Crippen LogP contribution in [0.1, 0.15) is 30.1 Å². The Bertz CT molecular complexity index is 522. The predicted octanol–water partition coefficient (Wildman–Crippen LogP) is 1.45. The van der Waals surface area contributed by atoms with E-state index >= 15 is 0 Å². The largest absolute Gasteiger partial charge is 0.494 e. The van der Waals surface area contributed by atoms with Gasteiger partial charge in [0, 0.05) is 31.8 Å². The summed E-state index contributed by atoms with van der Waals surface area (Å²) in [5.74, 6) is 0.683. The number of hydrogen-bond donors (Lipinski definition) is 1. The van der Waals surface area contributed by atoms with Gasteiger partial charge in [0.25, 0.3) is 5.91 Å². The number of nitrogens with zero attached hydrogens (tertiary/aromatic N) is 1. The lowest BCUT2D eigenvalue weighted by atomic mass is 10.0. The van der Waals surface area contributed by atoms with E-state index < -0.39 is 0 Å². The molecule has 0 atom stereocenters. The van der Waals surface area contributed by atoms with Gasteiger partial charge in [0.1, 0.15) is 12.4 Å². The maximum Gasteiger partial charge on any atom is 0.253 e. The van der Waals surface area contributed by atoms with E-state index in [1.54, 1.807) is 12.1 Å². The lowest BCUT2D eigenvalue weighted by Crippen LogP contribution is -2.47. The van der Waals surface area contributed by atoms with Crippen molar-refractivity contribution < 1.29 is 19.1 Å². The van der Waals surface area contributed by atoms with E-state index in [9.17, 15) is 9.59 Å². The summed E-state index contributed by atoms with van der Waals surface area (Å²) < 4.78 is 10.2. The van der Waals surface area contributed by atoms with Crippen molar-refractivity contribution in [1.29, 1.82) is 0 Å². The highest BCUT2D eigenvalue weighted by molar-refractivity contribution is 5.94. The summed E-state index contributed by atoms with van der Waals surface area (Å²) in [6.45, 7) is 3.89. The molecule has 1 heterocycles. The molecule has 23 heavy (non-hydrogen) atoms. The van der Waals surface area contributed by atoms with Gasteiger partial charge in [-0.05, 0) is 44.0 Å². The third-order valence-corrected chi connectivity index (χ3v) is 3.83. The quantitative estimate of drug-likeness (QED) is 0.861. The summed E-state index contributed by atoms with van der Waals surface area (Å²) in [4.78, 5) is 25.8. The van der Waals surface area contributed by atoms with E-state index in [-0.39, 0.29) is 24.5 Å². The molecule has 0 spiro atoms. The number of nitrogens with one attached hydrogen (secondary N) is 1. The number of benzene rings is 1. The molecule has 0 aromatic heterocycles. The van der Waals surface area contributed by atoms with Crippen molar-refractivity contribution in [2.45, 2.75) is 25.8 Å². The molecule has 1 fully saturated rings. The Morgan fingerprint density at radius 1 is 1.22 bits per heavy atom. The van der Waals surface area contributed by atoms with Crippen LogP contribution in [-0.4, -0.2) is 56.2 Å². The third kappa shape index (κ3) is 4.96. The Morgan fingerprint density at radius 2 is 1.87 bits per heavy atom. The lowest BCUT2D eigenvalue weighted by Gasteiger charge is -2.32. The Labute approximate surface area is 136 Å². The number of piperidine rings is 1. The normalized spacial score (nSPS) is 15.3. The molecule has 6 heteroatoms. The summed E-state index contributed by atoms with van der Waals surface area (Å²) in [6.07, 6.45) is 1.52. The van der Waals surface area contributed by atoms with Crippen molar-refractivity contribution in [2.24, 2.45) is 0 Å². The lowest BCUT2D eigenvalue weighted by molar-refractivity contribution is -0.125. The van der Waals surface area contributed by atoms with Gasteiger partial charge in [0.15, 0.2) is 0 Å². The highest BCUT2D eigenvalue weighted by Gasteiger charge is 2.24. The molecular formula is C17H24N2O4. The zero-order valence-electron chi connectivity index (χ0n) is 13.7. The third-order valence-electron chi connectivity index (χ3n) is 3.83. The van der Waals surface area contributed by atoms with Crippen molar-refractivity contribution in [1.82, 2.24) is 10.2 Å². The van der Waals surface area contributed by atoms with Gasteiger partial charge in [0.05, 0.1) is 6.61 Å². The Balaban J connectivity index is 1.84. The van der Waals surface area contributed by atoms with Crippen LogP contribution < -0.4 is 10.1 Å². The molecule has 0 bridgehead atoms. The monoisotopic (exact) mass is 320 g/mol. The van der Waals surface area contributed by atoms with Crippen LogP contribution in [0.15, 0.2) is 24.3 Å². The van der Waals surface area contributed by atoms with Crippen molar-refractivity contribution in [3.63, 3.8) is 0 Å². The molecule has 2 amide bonds. The molecule has 0 saturated carbocycles. The molecule has 1 N–H and O–H groups in total. The second-order valence-electron chi connectivity index (χ2n) is 5.52. The highest BCUT2D eigenvalue weighted by atomic mass is 16.5. The van der Waals surface area contributed by atoms with Crippen LogP contribution >= 0.6 is 0 Å².